The van der Waals surface area contributed by atoms with Crippen molar-refractivity contribution in [3.8, 4) is 28.7 Å². The van der Waals surface area contributed by atoms with Crippen LogP contribution in [0.25, 0.3) is 0 Å². The second kappa shape index (κ2) is 15.5. The van der Waals surface area contributed by atoms with Crippen LogP contribution >= 0.6 is 34.8 Å². The third-order valence-electron chi connectivity index (χ3n) is 9.23. The third kappa shape index (κ3) is 7.57. The van der Waals surface area contributed by atoms with Gasteiger partial charge in [-0.05, 0) is 36.6 Å². The van der Waals surface area contributed by atoms with Crippen molar-refractivity contribution in [3.63, 3.8) is 0 Å². The minimum atomic E-state index is -1.95. The molecule has 3 aromatic rings. The van der Waals surface area contributed by atoms with Gasteiger partial charge in [-0.3, -0.25) is 19.3 Å². The lowest BCUT2D eigenvalue weighted by Gasteiger charge is -2.52. The fraction of sp³-hybridized carbons (Fsp3) is 0.368. The van der Waals surface area contributed by atoms with Gasteiger partial charge in [0, 0.05) is 42.7 Å². The molecule has 6 rings (SSSR count). The van der Waals surface area contributed by atoms with Crippen molar-refractivity contribution in [1.82, 2.24) is 9.80 Å². The number of amides is 2. The van der Waals surface area contributed by atoms with Gasteiger partial charge in [-0.25, -0.2) is 4.79 Å². The maximum absolute atomic E-state index is 14.9. The van der Waals surface area contributed by atoms with Crippen LogP contribution < -0.4 is 23.7 Å². The fourth-order valence-electron chi connectivity index (χ4n) is 7.05. The Kier molecular flexibility index (Phi) is 11.1. The summed E-state index contributed by atoms with van der Waals surface area (Å²) in [6, 6.07) is 9.44. The van der Waals surface area contributed by atoms with Crippen molar-refractivity contribution < 1.29 is 52.3 Å². The van der Waals surface area contributed by atoms with E-state index in [2.05, 4.69) is 6.58 Å². The van der Waals surface area contributed by atoms with Crippen molar-refractivity contribution >= 4 is 58.7 Å². The number of ether oxygens (including phenoxy) is 7. The summed E-state index contributed by atoms with van der Waals surface area (Å²) < 4.78 is 38.7. The molecule has 3 atom stereocenters. The predicted octanol–water partition coefficient (Wildman–Crippen LogP) is 6.98. The zero-order valence-corrected chi connectivity index (χ0v) is 32.3. The van der Waals surface area contributed by atoms with E-state index in [0.717, 1.165) is 11.1 Å². The summed E-state index contributed by atoms with van der Waals surface area (Å²) in [6.07, 6.45) is -0.944. The topological polar surface area (TPSA) is 139 Å². The molecule has 0 radical (unpaired) electrons. The third-order valence-corrected chi connectivity index (χ3v) is 9.56. The van der Waals surface area contributed by atoms with E-state index >= 15 is 0 Å². The first-order valence-corrected chi connectivity index (χ1v) is 17.9. The maximum Gasteiger partial charge on any atom is 0.411 e. The number of benzene rings is 3. The molecule has 3 aliphatic heterocycles. The maximum atomic E-state index is 14.9. The molecule has 0 aliphatic carbocycles. The average Bonchev–Trinajstić information content (AvgIpc) is 3.61. The molecule has 3 aliphatic rings. The van der Waals surface area contributed by atoms with Gasteiger partial charge in [0.2, 0.25) is 10.6 Å². The van der Waals surface area contributed by atoms with Gasteiger partial charge in [0.25, 0.3) is 5.91 Å². The summed E-state index contributed by atoms with van der Waals surface area (Å²) in [6.45, 7) is 9.39. The first-order chi connectivity index (χ1) is 25.6. The van der Waals surface area contributed by atoms with Gasteiger partial charge in [-0.15, -0.1) is 0 Å². The first-order valence-electron chi connectivity index (χ1n) is 16.8. The molecule has 0 N–H and O–H groups in total. The van der Waals surface area contributed by atoms with Crippen LogP contribution in [-0.4, -0.2) is 70.7 Å². The Morgan fingerprint density at radius 3 is 2.35 bits per heavy atom. The molecule has 3 heterocycles. The van der Waals surface area contributed by atoms with E-state index in [1.807, 2.05) is 43.3 Å². The molecule has 2 amide bonds. The molecule has 1 fully saturated rings. The zero-order valence-electron chi connectivity index (χ0n) is 30.0. The molecule has 0 unspecified atom stereocenters. The largest absolute Gasteiger partial charge is 0.493 e. The Hall–Kier alpha value is -4.85. The average molecular weight is 804 g/mol. The Labute approximate surface area is 326 Å². The van der Waals surface area contributed by atoms with E-state index in [9.17, 15) is 19.2 Å². The molecule has 13 nitrogen and oxygen atoms in total. The molecule has 54 heavy (non-hydrogen) atoms. The molecule has 286 valence electrons. The number of rotatable bonds is 10. The minimum absolute atomic E-state index is 0.00838. The summed E-state index contributed by atoms with van der Waals surface area (Å²) in [4.78, 5) is 56.1. The van der Waals surface area contributed by atoms with Gasteiger partial charge in [0.05, 0.1) is 13.2 Å². The summed E-state index contributed by atoms with van der Waals surface area (Å²) in [5, 5.41) is 0. The number of hydrogen-bond donors (Lipinski definition) is 0. The van der Waals surface area contributed by atoms with Gasteiger partial charge >= 0.3 is 18.0 Å². The molecule has 0 aromatic heterocycles. The summed E-state index contributed by atoms with van der Waals surface area (Å²) in [5.74, 6) is -0.423. The van der Waals surface area contributed by atoms with E-state index < -0.39 is 52.5 Å². The van der Waals surface area contributed by atoms with Gasteiger partial charge < -0.3 is 38.1 Å². The van der Waals surface area contributed by atoms with Crippen LogP contribution in [0.1, 0.15) is 59.3 Å². The molecule has 0 spiro atoms. The normalized spacial score (nSPS) is 17.8. The second-order valence-electron chi connectivity index (χ2n) is 12.9. The van der Waals surface area contributed by atoms with Crippen LogP contribution in [-0.2, 0) is 36.9 Å². The molecule has 0 saturated carbocycles. The number of hydrogen-bond acceptors (Lipinski definition) is 11. The van der Waals surface area contributed by atoms with Crippen LogP contribution in [0.3, 0.4) is 0 Å². The van der Waals surface area contributed by atoms with Crippen molar-refractivity contribution in [2.75, 3.05) is 27.1 Å². The number of nitrogens with zero attached hydrogens (tertiary/aromatic N) is 2. The van der Waals surface area contributed by atoms with Gasteiger partial charge in [0.15, 0.2) is 23.0 Å². The number of carbonyl (C=O) groups excluding carboxylic acids is 4. The Balaban J connectivity index is 1.54. The zero-order chi connectivity index (χ0) is 39.1. The van der Waals surface area contributed by atoms with E-state index in [-0.39, 0.29) is 49.4 Å². The summed E-state index contributed by atoms with van der Waals surface area (Å²) >= 11 is 17.9. The number of alkyl halides is 3. The highest BCUT2D eigenvalue weighted by molar-refractivity contribution is 6.67. The molecule has 3 aromatic carbocycles. The number of methoxy groups -OCH3 is 1. The van der Waals surface area contributed by atoms with Gasteiger partial charge in [0.1, 0.15) is 37.7 Å². The monoisotopic (exact) mass is 802 g/mol. The van der Waals surface area contributed by atoms with E-state index in [1.54, 1.807) is 6.92 Å². The standard InChI is InChI=1S/C38H37Cl3N2O11/c1-19-12-25-13-27-36(46)42(28(16-49-22(4)44)26-14-29(54-23(5)45)20(2)33-34(26)53-18-52-33)21(3)31(43(27)37(47)51-17-38(39,40)41)30(25)35(32(19)48-6)50-15-24-10-8-7-9-11-24/h7-12,14,27-28,31H,3,13,15-18H2,1-2,4-6H3/t27-,28-,31-/m0/s1. The molecular formula is C38H37Cl3N2O11. The summed E-state index contributed by atoms with van der Waals surface area (Å²) in [5.41, 5.74) is 3.64. The molecule has 16 heteroatoms. The number of halogens is 3. The number of carbonyl (C=O) groups is 4. The van der Waals surface area contributed by atoms with Gasteiger partial charge in [-0.2, -0.15) is 0 Å². The highest BCUT2D eigenvalue weighted by Crippen LogP contribution is 2.54. The molecule has 2 bridgehead atoms. The van der Waals surface area contributed by atoms with Crippen molar-refractivity contribution in [3.05, 3.63) is 88.1 Å². The number of aryl methyl sites for hydroxylation is 1. The van der Waals surface area contributed by atoms with Crippen molar-refractivity contribution in [2.24, 2.45) is 0 Å². The number of fused-ring (bicyclic) bond motifs is 5. The lowest BCUT2D eigenvalue weighted by molar-refractivity contribution is -0.150. The lowest BCUT2D eigenvalue weighted by atomic mass is 9.80. The first kappa shape index (κ1) is 38.9. The van der Waals surface area contributed by atoms with Crippen LogP contribution in [0, 0.1) is 13.8 Å². The van der Waals surface area contributed by atoms with Crippen molar-refractivity contribution in [2.45, 2.75) is 62.6 Å². The lowest BCUT2D eigenvalue weighted by Crippen LogP contribution is -2.62. The molecular weight excluding hydrogens is 767 g/mol. The molecule has 1 saturated heterocycles. The Bertz CT molecular complexity index is 2020. The highest BCUT2D eigenvalue weighted by Gasteiger charge is 2.54. The van der Waals surface area contributed by atoms with Crippen LogP contribution in [0.4, 0.5) is 4.79 Å². The number of piperazine rings is 1. The smallest absolute Gasteiger partial charge is 0.411 e. The number of esters is 2. The van der Waals surface area contributed by atoms with Crippen LogP contribution in [0.2, 0.25) is 0 Å². The summed E-state index contributed by atoms with van der Waals surface area (Å²) in [7, 11) is 1.50. The van der Waals surface area contributed by atoms with E-state index in [0.29, 0.717) is 33.8 Å². The van der Waals surface area contributed by atoms with Gasteiger partial charge in [-0.1, -0.05) is 77.8 Å². The fourth-order valence-corrected chi connectivity index (χ4v) is 7.21. The predicted molar refractivity (Wildman–Crippen MR) is 196 cm³/mol. The Morgan fingerprint density at radius 2 is 1.70 bits per heavy atom. The minimum Gasteiger partial charge on any atom is -0.493 e. The Morgan fingerprint density at radius 1 is 1.00 bits per heavy atom. The van der Waals surface area contributed by atoms with Crippen LogP contribution in [0.5, 0.6) is 28.7 Å². The quantitative estimate of drug-likeness (QED) is 0.119. The second-order valence-corrected chi connectivity index (χ2v) is 15.4. The van der Waals surface area contributed by atoms with Crippen LogP contribution in [0.15, 0.2) is 54.7 Å². The SMILES string of the molecule is C=C1[C@H]2c3c(cc(C)c(OC)c3OCc3ccccc3)C[C@@H](C(=O)N1[C@@H](COC(C)=O)c1cc(OC(C)=O)c(C)c3c1OCO3)N2C(=O)OCC(Cl)(Cl)Cl. The highest BCUT2D eigenvalue weighted by atomic mass is 35.6. The van der Waals surface area contributed by atoms with Crippen molar-refractivity contribution in [1.29, 1.82) is 0 Å². The van der Waals surface area contributed by atoms with E-state index in [4.69, 9.17) is 68.0 Å². The van der Waals surface area contributed by atoms with E-state index in [1.165, 1.54) is 36.8 Å².